The third kappa shape index (κ3) is 5.87. The molecule has 204 valence electrons. The minimum absolute atomic E-state index is 0.0141. The maximum absolute atomic E-state index is 15.0. The molecule has 37 heavy (non-hydrogen) atoms. The van der Waals surface area contributed by atoms with E-state index in [4.69, 9.17) is 5.73 Å². The third-order valence-corrected chi connectivity index (χ3v) is 7.31. The van der Waals surface area contributed by atoms with E-state index in [0.29, 0.717) is 39.0 Å². The molecule has 0 bridgehead atoms. The van der Waals surface area contributed by atoms with Crippen LogP contribution in [0, 0.1) is 22.6 Å². The number of hydrogen-bond donors (Lipinski definition) is 4. The van der Waals surface area contributed by atoms with E-state index >= 15 is 0 Å². The molecule has 12 nitrogen and oxygen atoms in total. The number of aromatic nitrogens is 1. The van der Waals surface area contributed by atoms with Crippen LogP contribution < -0.4 is 21.3 Å². The number of nitrogens with zero attached hydrogens (tertiary/aromatic N) is 5. The molecule has 0 aliphatic carbocycles. The van der Waals surface area contributed by atoms with Gasteiger partial charge in [-0.15, -0.1) is 4.91 Å². The smallest absolute Gasteiger partial charge is 0.234 e. The summed E-state index contributed by atoms with van der Waals surface area (Å²) in [7, 11) is 1.60. The first-order valence-electron chi connectivity index (χ1n) is 12.4. The van der Waals surface area contributed by atoms with Crippen molar-refractivity contribution in [1.29, 1.82) is 0 Å². The summed E-state index contributed by atoms with van der Waals surface area (Å²) in [6.45, 7) is 3.06. The van der Waals surface area contributed by atoms with Gasteiger partial charge in [0.15, 0.2) is 12.0 Å². The lowest BCUT2D eigenvalue weighted by Gasteiger charge is -2.46. The Morgan fingerprint density at radius 1 is 1.32 bits per heavy atom. The fourth-order valence-corrected chi connectivity index (χ4v) is 5.44. The van der Waals surface area contributed by atoms with Gasteiger partial charge in [-0.3, -0.25) is 24.8 Å². The van der Waals surface area contributed by atoms with E-state index in [9.17, 15) is 28.4 Å². The molecule has 1 aromatic rings. The summed E-state index contributed by atoms with van der Waals surface area (Å²) >= 11 is 0. The number of rotatable bonds is 7. The molecular weight excluding hydrogens is 490 g/mol. The Bertz CT molecular complexity index is 1010. The van der Waals surface area contributed by atoms with Crippen molar-refractivity contribution in [2.45, 2.75) is 43.9 Å². The number of amides is 2. The van der Waals surface area contributed by atoms with E-state index in [1.165, 1.54) is 6.20 Å². The number of pyridine rings is 1. The number of aliphatic hydroxyl groups is 1. The van der Waals surface area contributed by atoms with E-state index in [0.717, 1.165) is 6.20 Å². The lowest BCUT2D eigenvalue weighted by atomic mass is 9.90. The number of nitroso groups, excluding NO2 is 1. The van der Waals surface area contributed by atoms with Gasteiger partial charge in [-0.25, -0.2) is 8.78 Å². The quantitative estimate of drug-likeness (QED) is 0.356. The molecule has 4 unspecified atom stereocenters. The molecule has 2 amide bonds. The Hall–Kier alpha value is -2.81. The number of anilines is 2. The summed E-state index contributed by atoms with van der Waals surface area (Å²) in [6.07, 6.45) is -0.0137. The van der Waals surface area contributed by atoms with Crippen molar-refractivity contribution in [2.24, 2.45) is 22.7 Å². The van der Waals surface area contributed by atoms with Crippen LogP contribution in [0.2, 0.25) is 0 Å². The zero-order valence-electron chi connectivity index (χ0n) is 20.9. The molecule has 0 saturated carbocycles. The van der Waals surface area contributed by atoms with Crippen LogP contribution in [0.4, 0.5) is 20.2 Å². The normalized spacial score (nSPS) is 26.2. The number of piperidine rings is 1. The zero-order valence-corrected chi connectivity index (χ0v) is 20.9. The second-order valence-corrected chi connectivity index (χ2v) is 10.5. The van der Waals surface area contributed by atoms with Gasteiger partial charge in [0.25, 0.3) is 0 Å². The Kier molecular flexibility index (Phi) is 8.02. The molecule has 4 heterocycles. The molecule has 4 atom stereocenters. The van der Waals surface area contributed by atoms with Gasteiger partial charge in [0.1, 0.15) is 17.8 Å². The van der Waals surface area contributed by atoms with Crippen LogP contribution in [0.25, 0.3) is 0 Å². The molecular formula is C23H34F2N8O4. The number of alkyl halides is 1. The number of halogens is 2. The highest BCUT2D eigenvalue weighted by Crippen LogP contribution is 2.34. The molecule has 0 spiro atoms. The van der Waals surface area contributed by atoms with Gasteiger partial charge in [-0.2, -0.15) is 0 Å². The van der Waals surface area contributed by atoms with Crippen molar-refractivity contribution in [3.63, 3.8) is 0 Å². The number of carbonyl (C=O) groups excluding carboxylic acids is 2. The highest BCUT2D eigenvalue weighted by molar-refractivity contribution is 5.96. The average Bonchev–Trinajstić information content (AvgIpc) is 2.83. The number of nitrogens with two attached hydrogens (primary N) is 1. The van der Waals surface area contributed by atoms with Crippen LogP contribution in [-0.4, -0.2) is 102 Å². The van der Waals surface area contributed by atoms with Crippen molar-refractivity contribution in [1.82, 2.24) is 20.1 Å². The molecule has 5 N–H and O–H groups in total. The SMILES string of the molecule is CN1CC(F)CNC1C(C(=O)Nc1cncc(F)c1N1CCC(C(=O)N2CC(C)(O)C2)CC1)C(N)N=O. The number of hydrogen-bond acceptors (Lipinski definition) is 10. The van der Waals surface area contributed by atoms with Crippen LogP contribution in [-0.2, 0) is 9.59 Å². The first kappa shape index (κ1) is 27.2. The van der Waals surface area contributed by atoms with Gasteiger partial charge >= 0.3 is 0 Å². The highest BCUT2D eigenvalue weighted by atomic mass is 19.1. The lowest BCUT2D eigenvalue weighted by Crippen LogP contribution is -2.63. The average molecular weight is 525 g/mol. The van der Waals surface area contributed by atoms with Crippen molar-refractivity contribution in [2.75, 3.05) is 56.5 Å². The van der Waals surface area contributed by atoms with E-state index in [-0.39, 0.29) is 36.3 Å². The molecule has 0 aromatic carbocycles. The highest BCUT2D eigenvalue weighted by Gasteiger charge is 2.43. The first-order valence-corrected chi connectivity index (χ1v) is 12.4. The lowest BCUT2D eigenvalue weighted by molar-refractivity contribution is -0.157. The summed E-state index contributed by atoms with van der Waals surface area (Å²) in [4.78, 5) is 46.1. The zero-order chi connectivity index (χ0) is 26.9. The van der Waals surface area contributed by atoms with Gasteiger partial charge in [-0.05, 0) is 26.8 Å². The Labute approximate surface area is 213 Å². The van der Waals surface area contributed by atoms with E-state index in [1.54, 1.807) is 28.7 Å². The summed E-state index contributed by atoms with van der Waals surface area (Å²) < 4.78 is 28.8. The first-order chi connectivity index (χ1) is 17.5. The minimum Gasteiger partial charge on any atom is -0.386 e. The molecule has 3 saturated heterocycles. The number of likely N-dealkylation sites (tertiary alicyclic amines) is 1. The Balaban J connectivity index is 1.46. The number of carbonyl (C=O) groups is 2. The predicted octanol–water partition coefficient (Wildman–Crippen LogP) is -0.165. The van der Waals surface area contributed by atoms with Gasteiger partial charge in [-0.1, -0.05) is 5.18 Å². The summed E-state index contributed by atoms with van der Waals surface area (Å²) in [5, 5.41) is 18.3. The second-order valence-electron chi connectivity index (χ2n) is 10.5. The fraction of sp³-hybridized carbons (Fsp3) is 0.696. The Morgan fingerprint density at radius 2 is 2.00 bits per heavy atom. The van der Waals surface area contributed by atoms with Gasteiger partial charge in [0.2, 0.25) is 11.8 Å². The largest absolute Gasteiger partial charge is 0.386 e. The van der Waals surface area contributed by atoms with Gasteiger partial charge in [0.05, 0.1) is 42.9 Å². The maximum atomic E-state index is 15.0. The molecule has 1 aromatic heterocycles. The van der Waals surface area contributed by atoms with Crippen molar-refractivity contribution in [3.8, 4) is 0 Å². The van der Waals surface area contributed by atoms with Crippen LogP contribution >= 0.6 is 0 Å². The third-order valence-electron chi connectivity index (χ3n) is 7.31. The van der Waals surface area contributed by atoms with E-state index < -0.39 is 41.7 Å². The van der Waals surface area contributed by atoms with E-state index in [1.807, 2.05) is 0 Å². The number of nitrogens with one attached hydrogen (secondary N) is 2. The monoisotopic (exact) mass is 524 g/mol. The molecule has 3 fully saturated rings. The molecule has 0 radical (unpaired) electrons. The van der Waals surface area contributed by atoms with Crippen LogP contribution in [0.5, 0.6) is 0 Å². The summed E-state index contributed by atoms with van der Waals surface area (Å²) in [5.74, 6) is -2.76. The summed E-state index contributed by atoms with van der Waals surface area (Å²) in [6, 6.07) is 0. The molecule has 3 aliphatic heterocycles. The number of β-amino-alcohol motifs (C(OH)–C–C–N with tert-alkyl or cyclic N) is 1. The van der Waals surface area contributed by atoms with Crippen LogP contribution in [0.15, 0.2) is 17.6 Å². The van der Waals surface area contributed by atoms with Crippen LogP contribution in [0.1, 0.15) is 19.8 Å². The minimum atomic E-state index is -1.43. The van der Waals surface area contributed by atoms with Crippen molar-refractivity contribution in [3.05, 3.63) is 23.1 Å². The predicted molar refractivity (Wildman–Crippen MR) is 132 cm³/mol. The van der Waals surface area contributed by atoms with Gasteiger partial charge in [0, 0.05) is 32.1 Å². The Morgan fingerprint density at radius 3 is 2.59 bits per heavy atom. The van der Waals surface area contributed by atoms with Gasteiger partial charge < -0.3 is 26.0 Å². The van der Waals surface area contributed by atoms with E-state index in [2.05, 4.69) is 20.8 Å². The second kappa shape index (κ2) is 10.9. The fourth-order valence-electron chi connectivity index (χ4n) is 5.44. The topological polar surface area (TPSA) is 156 Å². The molecule has 3 aliphatic rings. The van der Waals surface area contributed by atoms with Crippen molar-refractivity contribution >= 4 is 23.2 Å². The standard InChI is InChI=1S/C23H34F2N8O4/c1-23(36)11-33(12-23)22(35)13-3-5-32(6-4-13)18-15(25)8-27-9-16(18)29-21(34)17(19(26)30-37)20-28-7-14(24)10-31(20)2/h8-9,13-14,17,19-20,28,36H,3-7,10-12,26H2,1-2H3,(H,29,34). The van der Waals surface area contributed by atoms with Crippen molar-refractivity contribution < 1.29 is 23.5 Å². The maximum Gasteiger partial charge on any atom is 0.234 e. The molecule has 14 heteroatoms. The van der Waals surface area contributed by atoms with Crippen LogP contribution in [0.3, 0.4) is 0 Å². The molecule has 4 rings (SSSR count). The summed E-state index contributed by atoms with van der Waals surface area (Å²) in [5.41, 5.74) is 5.23.